The number of rotatable bonds is 6. The van der Waals surface area contributed by atoms with E-state index in [1.54, 1.807) is 6.33 Å². The van der Waals surface area contributed by atoms with Gasteiger partial charge in [-0.05, 0) is 37.8 Å². The average Bonchev–Trinajstić information content (AvgIpc) is 3.21. The number of anilines is 1. The third kappa shape index (κ3) is 3.81. The number of allylic oxidation sites excluding steroid dienone is 1. The van der Waals surface area contributed by atoms with Crippen LogP contribution in [0.2, 0.25) is 0 Å². The van der Waals surface area contributed by atoms with E-state index in [9.17, 15) is 4.39 Å². The van der Waals surface area contributed by atoms with Crippen LogP contribution in [-0.4, -0.2) is 45.2 Å². The Morgan fingerprint density at radius 2 is 1.93 bits per heavy atom. The molecule has 0 amide bonds. The molecular weight excluding hydrogens is 383 g/mol. The molecule has 2 N–H and O–H groups in total. The minimum Gasteiger partial charge on any atom is -0.488 e. The maximum absolute atomic E-state index is 13.0. The summed E-state index contributed by atoms with van der Waals surface area (Å²) >= 11 is 0. The standard InChI is InChI=1S/C22H25FN6O/c1-14(28-17-5-7-29(8-6-17)22-24-11-16(23)12-25-22)15-9-18(10-15)30-20-4-2-3-19-21(20)27-13-26-19/h2-4,11-13,15,17-18,28H,1,5-10H2,(H,26,27). The summed E-state index contributed by atoms with van der Waals surface area (Å²) in [6.07, 6.45) is 8.23. The Morgan fingerprint density at radius 3 is 2.70 bits per heavy atom. The van der Waals surface area contributed by atoms with Gasteiger partial charge in [0.1, 0.15) is 17.4 Å². The molecule has 1 saturated carbocycles. The Morgan fingerprint density at radius 1 is 1.17 bits per heavy atom. The van der Waals surface area contributed by atoms with E-state index in [1.165, 1.54) is 12.4 Å². The van der Waals surface area contributed by atoms with E-state index in [4.69, 9.17) is 4.74 Å². The lowest BCUT2D eigenvalue weighted by atomic mass is 9.80. The van der Waals surface area contributed by atoms with Gasteiger partial charge in [0.25, 0.3) is 0 Å². The first-order valence-corrected chi connectivity index (χ1v) is 10.4. The maximum Gasteiger partial charge on any atom is 0.225 e. The Labute approximate surface area is 174 Å². The molecule has 0 radical (unpaired) electrons. The zero-order valence-corrected chi connectivity index (χ0v) is 16.7. The molecule has 0 bridgehead atoms. The number of aromatic amines is 1. The number of H-pyrrole nitrogens is 1. The van der Waals surface area contributed by atoms with Crippen LogP contribution in [0.5, 0.6) is 5.75 Å². The number of ether oxygens (including phenoxy) is 1. The molecule has 2 fully saturated rings. The molecule has 156 valence electrons. The van der Waals surface area contributed by atoms with E-state index in [1.807, 2.05) is 18.2 Å². The summed E-state index contributed by atoms with van der Waals surface area (Å²) in [5.41, 5.74) is 2.98. The normalized spacial score (nSPS) is 22.0. The largest absolute Gasteiger partial charge is 0.488 e. The third-order valence-corrected chi connectivity index (χ3v) is 6.07. The van der Waals surface area contributed by atoms with E-state index < -0.39 is 5.82 Å². The Hall–Kier alpha value is -3.16. The first-order chi connectivity index (χ1) is 14.7. The van der Waals surface area contributed by atoms with E-state index in [-0.39, 0.29) is 6.10 Å². The van der Waals surface area contributed by atoms with Crippen LogP contribution in [0.3, 0.4) is 0 Å². The first-order valence-electron chi connectivity index (χ1n) is 10.4. The van der Waals surface area contributed by atoms with Crippen molar-refractivity contribution < 1.29 is 9.13 Å². The van der Waals surface area contributed by atoms with Gasteiger partial charge in [0.15, 0.2) is 5.82 Å². The van der Waals surface area contributed by atoms with Crippen LogP contribution in [0.25, 0.3) is 11.0 Å². The molecule has 0 unspecified atom stereocenters. The number of halogens is 1. The molecule has 1 aliphatic carbocycles. The summed E-state index contributed by atoms with van der Waals surface area (Å²) in [5.74, 6) is 1.47. The van der Waals surface area contributed by atoms with Crippen LogP contribution < -0.4 is 15.0 Å². The second-order valence-corrected chi connectivity index (χ2v) is 8.10. The van der Waals surface area contributed by atoms with Gasteiger partial charge in [0.2, 0.25) is 5.95 Å². The van der Waals surface area contributed by atoms with Crippen LogP contribution in [0.4, 0.5) is 10.3 Å². The second kappa shape index (κ2) is 7.93. The monoisotopic (exact) mass is 408 g/mol. The van der Waals surface area contributed by atoms with Gasteiger partial charge in [-0.1, -0.05) is 12.6 Å². The molecule has 1 saturated heterocycles. The van der Waals surface area contributed by atoms with Gasteiger partial charge in [-0.3, -0.25) is 0 Å². The van der Waals surface area contributed by atoms with Crippen molar-refractivity contribution in [3.05, 3.63) is 55.0 Å². The maximum atomic E-state index is 13.0. The molecule has 8 heteroatoms. The lowest BCUT2D eigenvalue weighted by molar-refractivity contribution is 0.0786. The van der Waals surface area contributed by atoms with Crippen LogP contribution >= 0.6 is 0 Å². The summed E-state index contributed by atoms with van der Waals surface area (Å²) in [7, 11) is 0. The minimum atomic E-state index is -0.407. The summed E-state index contributed by atoms with van der Waals surface area (Å²) in [6, 6.07) is 6.35. The molecule has 0 spiro atoms. The Balaban J connectivity index is 1.08. The van der Waals surface area contributed by atoms with Gasteiger partial charge in [-0.2, -0.15) is 0 Å². The quantitative estimate of drug-likeness (QED) is 0.651. The number of nitrogens with one attached hydrogen (secondary N) is 2. The van der Waals surface area contributed by atoms with Crippen molar-refractivity contribution in [2.75, 3.05) is 18.0 Å². The fraction of sp³-hybridized carbons (Fsp3) is 0.409. The SMILES string of the molecule is C=C(NC1CCN(c2ncc(F)cn2)CC1)C1CC(Oc2cccc3[nH]cnc23)C1. The molecule has 30 heavy (non-hydrogen) atoms. The molecule has 1 aliphatic heterocycles. The molecule has 2 aliphatic rings. The lowest BCUT2D eigenvalue weighted by Gasteiger charge is -2.39. The van der Waals surface area contributed by atoms with Gasteiger partial charge in [0.05, 0.1) is 24.2 Å². The van der Waals surface area contributed by atoms with Crippen molar-refractivity contribution in [3.8, 4) is 5.75 Å². The summed E-state index contributed by atoms with van der Waals surface area (Å²) < 4.78 is 19.2. The van der Waals surface area contributed by atoms with Crippen LogP contribution in [-0.2, 0) is 0 Å². The van der Waals surface area contributed by atoms with Gasteiger partial charge in [-0.15, -0.1) is 0 Å². The fourth-order valence-electron chi connectivity index (χ4n) is 4.23. The molecule has 2 aromatic heterocycles. The third-order valence-electron chi connectivity index (χ3n) is 6.07. The van der Waals surface area contributed by atoms with Crippen molar-refractivity contribution in [1.29, 1.82) is 0 Å². The molecular formula is C22H25FN6O. The highest BCUT2D eigenvalue weighted by Gasteiger charge is 2.34. The number of benzene rings is 1. The van der Waals surface area contributed by atoms with E-state index in [0.717, 1.165) is 61.3 Å². The topological polar surface area (TPSA) is 79.0 Å². The van der Waals surface area contributed by atoms with E-state index in [2.05, 4.69) is 36.7 Å². The van der Waals surface area contributed by atoms with E-state index >= 15 is 0 Å². The van der Waals surface area contributed by atoms with Gasteiger partial charge in [0, 0.05) is 30.7 Å². The van der Waals surface area contributed by atoms with Crippen LogP contribution in [0, 0.1) is 11.7 Å². The van der Waals surface area contributed by atoms with Crippen LogP contribution in [0.1, 0.15) is 25.7 Å². The van der Waals surface area contributed by atoms with E-state index in [0.29, 0.717) is 17.9 Å². The number of hydrogen-bond donors (Lipinski definition) is 2. The predicted molar refractivity (Wildman–Crippen MR) is 113 cm³/mol. The molecule has 0 atom stereocenters. The highest BCUT2D eigenvalue weighted by molar-refractivity contribution is 5.81. The van der Waals surface area contributed by atoms with Crippen molar-refractivity contribution in [2.45, 2.75) is 37.8 Å². The highest BCUT2D eigenvalue weighted by atomic mass is 19.1. The van der Waals surface area contributed by atoms with Gasteiger partial charge >= 0.3 is 0 Å². The van der Waals surface area contributed by atoms with Crippen LogP contribution in [0.15, 0.2) is 49.2 Å². The molecule has 5 rings (SSSR count). The zero-order chi connectivity index (χ0) is 20.5. The van der Waals surface area contributed by atoms with Crippen molar-refractivity contribution in [1.82, 2.24) is 25.3 Å². The van der Waals surface area contributed by atoms with Gasteiger partial charge < -0.3 is 19.9 Å². The number of hydrogen-bond acceptors (Lipinski definition) is 6. The number of aromatic nitrogens is 4. The number of piperidine rings is 1. The summed E-state index contributed by atoms with van der Waals surface area (Å²) in [6.45, 7) is 5.97. The number of nitrogens with zero attached hydrogens (tertiary/aromatic N) is 4. The minimum absolute atomic E-state index is 0.202. The zero-order valence-electron chi connectivity index (χ0n) is 16.7. The number of para-hydroxylation sites is 1. The first kappa shape index (κ1) is 18.8. The molecule has 3 aromatic rings. The predicted octanol–water partition coefficient (Wildman–Crippen LogP) is 3.42. The molecule has 1 aromatic carbocycles. The smallest absolute Gasteiger partial charge is 0.225 e. The van der Waals surface area contributed by atoms with Gasteiger partial charge in [-0.25, -0.2) is 19.3 Å². The fourth-order valence-corrected chi connectivity index (χ4v) is 4.23. The lowest BCUT2D eigenvalue weighted by Crippen LogP contribution is -2.45. The summed E-state index contributed by atoms with van der Waals surface area (Å²) in [5, 5.41) is 3.62. The summed E-state index contributed by atoms with van der Waals surface area (Å²) in [4.78, 5) is 17.7. The Bertz CT molecular complexity index is 1020. The highest BCUT2D eigenvalue weighted by Crippen LogP contribution is 2.36. The number of fused-ring (bicyclic) bond motifs is 1. The second-order valence-electron chi connectivity index (χ2n) is 8.10. The van der Waals surface area contributed by atoms with Crippen molar-refractivity contribution in [2.24, 2.45) is 5.92 Å². The number of imidazole rings is 1. The molecule has 7 nitrogen and oxygen atoms in total. The van der Waals surface area contributed by atoms with Crippen molar-refractivity contribution >= 4 is 17.0 Å². The van der Waals surface area contributed by atoms with Crippen molar-refractivity contribution in [3.63, 3.8) is 0 Å². The average molecular weight is 408 g/mol. The Kier molecular flexibility index (Phi) is 4.98. The molecule has 3 heterocycles.